The van der Waals surface area contributed by atoms with Crippen LogP contribution in [0.1, 0.15) is 102 Å². The summed E-state index contributed by atoms with van der Waals surface area (Å²) < 4.78 is 14.7. The maximum absolute atomic E-state index is 14.8. The van der Waals surface area contributed by atoms with Gasteiger partial charge in [-0.25, -0.2) is 15.2 Å². The molecule has 18 heteroatoms. The second-order valence-corrected chi connectivity index (χ2v) is 23.4. The number of rotatable bonds is 11. The minimum atomic E-state index is -1.04. The van der Waals surface area contributed by atoms with Crippen molar-refractivity contribution < 1.29 is 28.7 Å². The number of nitrogens with zero attached hydrogens (tertiary/aromatic N) is 9. The number of hydrogen-bond donors (Lipinski definition) is 2. The Morgan fingerprint density at radius 1 is 0.986 bits per heavy atom. The lowest BCUT2D eigenvalue weighted by Crippen LogP contribution is -2.62. The Kier molecular flexibility index (Phi) is 15.9. The van der Waals surface area contributed by atoms with Gasteiger partial charge in [0.1, 0.15) is 18.1 Å². The monoisotopic (exact) mass is 1020 g/mol. The van der Waals surface area contributed by atoms with E-state index in [0.29, 0.717) is 56.5 Å². The molecule has 3 saturated heterocycles. The van der Waals surface area contributed by atoms with Crippen LogP contribution >= 0.6 is 11.3 Å². The number of piperidine rings is 1. The molecule has 0 unspecified atom stereocenters. The third-order valence-corrected chi connectivity index (χ3v) is 16.9. The van der Waals surface area contributed by atoms with Crippen molar-refractivity contribution in [2.45, 2.75) is 136 Å². The van der Waals surface area contributed by atoms with Crippen LogP contribution in [-0.4, -0.2) is 174 Å². The number of methoxy groups -OCH3 is 1. The minimum absolute atomic E-state index is 0.112. The number of cyclic esters (lactones) is 1. The molecule has 17 nitrogen and oxygen atoms in total. The third kappa shape index (κ3) is 11.3. The Balaban J connectivity index is 1.08. The number of aryl methyl sites for hydroxylation is 1. The summed E-state index contributed by atoms with van der Waals surface area (Å²) >= 11 is 1.45. The van der Waals surface area contributed by atoms with Gasteiger partial charge < -0.3 is 39.0 Å². The van der Waals surface area contributed by atoms with Crippen LogP contribution in [0.15, 0.2) is 35.8 Å². The predicted octanol–water partition coefficient (Wildman–Crippen LogP) is 6.59. The molecular weight excluding hydrogens is 943 g/mol. The maximum Gasteiger partial charge on any atom is 0.324 e. The number of anilines is 1. The van der Waals surface area contributed by atoms with Gasteiger partial charge in [0, 0.05) is 118 Å². The highest BCUT2D eigenvalue weighted by Gasteiger charge is 2.40. The summed E-state index contributed by atoms with van der Waals surface area (Å²) in [6, 6.07) is 7.12. The first kappa shape index (κ1) is 52.7. The van der Waals surface area contributed by atoms with E-state index >= 15 is 0 Å². The van der Waals surface area contributed by atoms with Gasteiger partial charge in [-0.2, -0.15) is 0 Å². The number of piperazine rings is 1. The van der Waals surface area contributed by atoms with Crippen molar-refractivity contribution in [1.29, 1.82) is 0 Å². The van der Waals surface area contributed by atoms with Crippen LogP contribution in [0.2, 0.25) is 0 Å². The fraction of sp³-hybridized carbons (Fsp3) is 0.636. The van der Waals surface area contributed by atoms with Crippen LogP contribution in [0.3, 0.4) is 0 Å². The van der Waals surface area contributed by atoms with Crippen molar-refractivity contribution in [1.82, 2.24) is 49.9 Å². The van der Waals surface area contributed by atoms with E-state index in [9.17, 15) is 19.2 Å². The van der Waals surface area contributed by atoms with E-state index in [4.69, 9.17) is 19.4 Å². The summed E-state index contributed by atoms with van der Waals surface area (Å²) in [7, 11) is 7.53. The average Bonchev–Trinajstić information content (AvgIpc) is 4.07. The topological polar surface area (TPSA) is 161 Å². The van der Waals surface area contributed by atoms with Gasteiger partial charge in [0.15, 0.2) is 0 Å². The first-order chi connectivity index (χ1) is 34.9. The number of hydrogen-bond acceptors (Lipinski definition) is 13. The van der Waals surface area contributed by atoms with E-state index in [1.807, 2.05) is 30.3 Å². The van der Waals surface area contributed by atoms with Gasteiger partial charge in [-0.15, -0.1) is 11.3 Å². The zero-order chi connectivity index (χ0) is 51.9. The van der Waals surface area contributed by atoms with Crippen LogP contribution in [0.25, 0.3) is 33.4 Å². The molecule has 0 spiro atoms. The second kappa shape index (κ2) is 22.0. The van der Waals surface area contributed by atoms with E-state index in [1.54, 1.807) is 14.2 Å². The number of likely N-dealkylation sites (N-methyl/N-ethyl adjacent to an activating group) is 1. The van der Waals surface area contributed by atoms with Crippen molar-refractivity contribution in [2.24, 2.45) is 11.3 Å². The smallest absolute Gasteiger partial charge is 0.324 e. The predicted molar refractivity (Wildman–Crippen MR) is 286 cm³/mol. The summed E-state index contributed by atoms with van der Waals surface area (Å²) in [6.07, 6.45) is 7.80. The number of urea groups is 1. The number of benzene rings is 1. The van der Waals surface area contributed by atoms with Gasteiger partial charge in [-0.1, -0.05) is 33.8 Å². The lowest BCUT2D eigenvalue weighted by Gasteiger charge is -2.40. The molecule has 7 heterocycles. The quantitative estimate of drug-likeness (QED) is 0.156. The molecular formula is C55H79N11O6S. The summed E-state index contributed by atoms with van der Waals surface area (Å²) in [5.41, 5.74) is 10.7. The first-order valence-electron chi connectivity index (χ1n) is 26.8. The number of hydrazine groups is 1. The van der Waals surface area contributed by atoms with Crippen LogP contribution in [0, 0.1) is 11.3 Å². The van der Waals surface area contributed by atoms with Crippen molar-refractivity contribution in [3.05, 3.63) is 52.1 Å². The standard InChI is InChI=1S/C55H79N11O6S/c1-11-65-46-17-14-36-27-40(46)42(50(65)41-28-39(31-56-48(41)35(4)71-10)63-25-23-62(24-26-63)38-15-16-38)30-55(5,6)33-72-53(69)43-13-12-20-66(59-43)52(68)44(29-47-57-45(36)32-73-47)58-51(67)49(34(2)3)61(9)54(70)64-21-18-37(19-22-64)60(7)8/h14,17,27-28,31-32,34-35,37-38,43-44,49,59H,11-13,15-16,18-26,29-30,33H2,1-10H3,(H,58,67)/t35-,43-,44-,49-/m0/s1. The van der Waals surface area contributed by atoms with Gasteiger partial charge in [0.2, 0.25) is 5.91 Å². The minimum Gasteiger partial charge on any atom is -0.464 e. The molecule has 396 valence electrons. The number of esters is 1. The molecule has 4 aromatic rings. The number of carbonyl (C=O) groups is 4. The molecule has 5 aliphatic rings. The number of likely N-dealkylation sites (tertiary alicyclic amines) is 1. The highest BCUT2D eigenvalue weighted by Crippen LogP contribution is 2.43. The van der Waals surface area contributed by atoms with E-state index in [2.05, 4.69) is 96.1 Å². The molecule has 2 N–H and O–H groups in total. The van der Waals surface area contributed by atoms with Crippen LogP contribution in [-0.2, 0) is 43.2 Å². The van der Waals surface area contributed by atoms with E-state index in [-0.39, 0.29) is 37.0 Å². The third-order valence-electron chi connectivity index (χ3n) is 16.0. The normalized spacial score (nSPS) is 22.4. The average molecular weight is 1020 g/mol. The molecule has 3 aromatic heterocycles. The maximum atomic E-state index is 14.8. The van der Waals surface area contributed by atoms with Crippen LogP contribution < -0.4 is 15.6 Å². The van der Waals surface area contributed by atoms with E-state index in [0.717, 1.165) is 95.4 Å². The molecule has 1 aliphatic carbocycles. The molecule has 1 saturated carbocycles. The van der Waals surface area contributed by atoms with Crippen molar-refractivity contribution in [3.8, 4) is 22.5 Å². The van der Waals surface area contributed by atoms with Gasteiger partial charge in [-0.3, -0.25) is 29.3 Å². The SMILES string of the molecule is CCn1c(-c2cc(N3CCN(C4CC4)CC3)cnc2[C@H](C)OC)c2c3cc(ccc31)-c1csc(n1)C[C@H](NC(=O)[C@H](C(C)C)N(C)C(=O)N1CCC(N(C)C)CC1)C(=O)N1CCC[C@H](N1)C(=O)OCC(C)(C)C2. The van der Waals surface area contributed by atoms with Crippen molar-refractivity contribution in [2.75, 3.05) is 85.6 Å². The number of aromatic nitrogens is 3. The van der Waals surface area contributed by atoms with E-state index in [1.165, 1.54) is 34.1 Å². The largest absolute Gasteiger partial charge is 0.464 e. The molecule has 4 amide bonds. The number of fused-ring (bicyclic) bond motifs is 6. The van der Waals surface area contributed by atoms with Crippen molar-refractivity contribution >= 4 is 51.7 Å². The number of thiazole rings is 1. The van der Waals surface area contributed by atoms with Gasteiger partial charge >= 0.3 is 12.0 Å². The summed E-state index contributed by atoms with van der Waals surface area (Å²) in [5.74, 6) is -1.49. The Labute approximate surface area is 435 Å². The summed E-state index contributed by atoms with van der Waals surface area (Å²) in [6.45, 7) is 18.7. The second-order valence-electron chi connectivity index (χ2n) is 22.5. The highest BCUT2D eigenvalue weighted by atomic mass is 32.1. The zero-order valence-corrected chi connectivity index (χ0v) is 45.7. The molecule has 4 atom stereocenters. The highest BCUT2D eigenvalue weighted by molar-refractivity contribution is 7.10. The molecule has 1 aromatic carbocycles. The summed E-state index contributed by atoms with van der Waals surface area (Å²) in [5, 5.41) is 8.33. The number of amides is 4. The molecule has 4 aliphatic heterocycles. The van der Waals surface area contributed by atoms with Gasteiger partial charge in [0.25, 0.3) is 5.91 Å². The fourth-order valence-electron chi connectivity index (χ4n) is 11.7. The van der Waals surface area contributed by atoms with Crippen LogP contribution in [0.5, 0.6) is 0 Å². The molecule has 6 bridgehead atoms. The zero-order valence-electron chi connectivity index (χ0n) is 44.9. The molecule has 9 rings (SSSR count). The lowest BCUT2D eigenvalue weighted by atomic mass is 9.84. The lowest BCUT2D eigenvalue weighted by molar-refractivity contribution is -0.155. The van der Waals surface area contributed by atoms with E-state index < -0.39 is 35.4 Å². The Morgan fingerprint density at radius 2 is 1.73 bits per heavy atom. The molecule has 73 heavy (non-hydrogen) atoms. The number of nitrogens with one attached hydrogen (secondary N) is 2. The fourth-order valence-corrected chi connectivity index (χ4v) is 12.5. The van der Waals surface area contributed by atoms with Gasteiger partial charge in [-0.05, 0) is 103 Å². The Hall–Kier alpha value is -5.14. The molecule has 4 fully saturated rings. The number of ether oxygens (including phenoxy) is 2. The van der Waals surface area contributed by atoms with Crippen molar-refractivity contribution in [3.63, 3.8) is 0 Å². The number of pyridine rings is 1. The summed E-state index contributed by atoms with van der Waals surface area (Å²) in [4.78, 5) is 78.5. The molecule has 0 radical (unpaired) electrons. The van der Waals surface area contributed by atoms with Crippen LogP contribution in [0.4, 0.5) is 10.5 Å². The van der Waals surface area contributed by atoms with Gasteiger partial charge in [0.05, 0.1) is 46.7 Å². The Morgan fingerprint density at radius 3 is 2.40 bits per heavy atom. The first-order valence-corrected chi connectivity index (χ1v) is 27.7. The Bertz CT molecular complexity index is 2650. The number of carbonyl (C=O) groups excluding carboxylic acids is 4.